The first-order valence-corrected chi connectivity index (χ1v) is 17.2. The van der Waals surface area contributed by atoms with Crippen LogP contribution in [0.3, 0.4) is 0 Å². The van der Waals surface area contributed by atoms with Gasteiger partial charge in [0.15, 0.2) is 6.29 Å². The lowest BCUT2D eigenvalue weighted by atomic mass is 9.98. The van der Waals surface area contributed by atoms with E-state index in [0.717, 1.165) is 22.3 Å². The molecule has 0 unspecified atom stereocenters. The summed E-state index contributed by atoms with van der Waals surface area (Å²) in [4.78, 5) is 27.3. The van der Waals surface area contributed by atoms with Crippen LogP contribution in [0.25, 0.3) is 0 Å². The number of benzene rings is 4. The zero-order chi connectivity index (χ0) is 35.5. The van der Waals surface area contributed by atoms with Crippen molar-refractivity contribution in [3.63, 3.8) is 0 Å². The second kappa shape index (κ2) is 17.9. The molecule has 0 aromatic heterocycles. The highest BCUT2D eigenvalue weighted by atomic mass is 16.7. The van der Waals surface area contributed by atoms with Gasteiger partial charge in [0.2, 0.25) is 11.8 Å². The largest absolute Gasteiger partial charge is 0.397 e. The van der Waals surface area contributed by atoms with E-state index in [4.69, 9.17) is 15.2 Å². The van der Waals surface area contributed by atoms with E-state index in [1.807, 2.05) is 105 Å². The van der Waals surface area contributed by atoms with Crippen LogP contribution in [0.5, 0.6) is 0 Å². The van der Waals surface area contributed by atoms with Crippen molar-refractivity contribution in [2.75, 3.05) is 30.0 Å². The molecule has 0 spiro atoms. The van der Waals surface area contributed by atoms with Gasteiger partial charge in [-0.3, -0.25) is 14.5 Å². The van der Waals surface area contributed by atoms with Crippen LogP contribution in [0.1, 0.15) is 79.8 Å². The monoisotopic (exact) mass is 680 g/mol. The summed E-state index contributed by atoms with van der Waals surface area (Å²) < 4.78 is 13.1. The van der Waals surface area contributed by atoms with Crippen molar-refractivity contribution < 1.29 is 29.3 Å². The van der Waals surface area contributed by atoms with E-state index in [1.54, 1.807) is 12.1 Å². The Morgan fingerprint density at radius 3 is 2.24 bits per heavy atom. The number of rotatable bonds is 15. The average molecular weight is 681 g/mol. The highest BCUT2D eigenvalue weighted by Crippen LogP contribution is 2.39. The number of aliphatic hydroxyl groups excluding tert-OH is 2. The number of aliphatic hydroxyl groups is 2. The summed E-state index contributed by atoms with van der Waals surface area (Å²) in [5.74, 6) is -0.287. The van der Waals surface area contributed by atoms with Crippen LogP contribution < -0.4 is 16.4 Å². The number of anilines is 3. The van der Waals surface area contributed by atoms with Crippen molar-refractivity contribution in [3.05, 3.63) is 125 Å². The third-order valence-electron chi connectivity index (χ3n) is 9.13. The molecule has 0 aliphatic carbocycles. The zero-order valence-electron chi connectivity index (χ0n) is 28.7. The molecule has 10 nitrogen and oxygen atoms in total. The standard InChI is InChI=1S/C40H48N4O6/c1-27(39(48)30-11-4-3-5-12-30)44(2)25-33-24-36(29-21-19-28(26-45)20-22-29)50-40(49-33)31-13-10-14-32(23-31)42-37(46)17-8-9-18-38(47)43-35-16-7-6-15-34(35)41/h3-7,10-16,19-23,27,33,36,39-40,45,48H,8-9,17-18,24-26,41H2,1-2H3,(H,42,46)(H,43,47)/t27-,33+,36-,39-,40-/m0/s1. The number of para-hydroxylation sites is 2. The van der Waals surface area contributed by atoms with Crippen LogP contribution in [-0.2, 0) is 25.7 Å². The number of hydrogen-bond donors (Lipinski definition) is 5. The Kier molecular flexibility index (Phi) is 13.1. The second-order valence-electron chi connectivity index (χ2n) is 12.9. The van der Waals surface area contributed by atoms with Gasteiger partial charge >= 0.3 is 0 Å². The van der Waals surface area contributed by atoms with Gasteiger partial charge in [0.25, 0.3) is 0 Å². The van der Waals surface area contributed by atoms with E-state index in [2.05, 4.69) is 15.5 Å². The number of nitrogen functional groups attached to an aromatic ring is 1. The molecular formula is C40H48N4O6. The van der Waals surface area contributed by atoms with Crippen molar-refractivity contribution in [3.8, 4) is 0 Å². The van der Waals surface area contributed by atoms with Crippen molar-refractivity contribution in [2.45, 2.75) is 76.3 Å². The lowest BCUT2D eigenvalue weighted by molar-refractivity contribution is -0.253. The minimum atomic E-state index is -0.701. The van der Waals surface area contributed by atoms with E-state index in [0.29, 0.717) is 42.9 Å². The van der Waals surface area contributed by atoms with Gasteiger partial charge in [-0.2, -0.15) is 0 Å². The van der Waals surface area contributed by atoms with Gasteiger partial charge in [-0.05, 0) is 67.8 Å². The topological polar surface area (TPSA) is 146 Å². The number of amides is 2. The molecule has 1 aliphatic rings. The summed E-state index contributed by atoms with van der Waals surface area (Å²) in [5, 5.41) is 26.4. The zero-order valence-corrected chi connectivity index (χ0v) is 28.7. The molecule has 2 amide bonds. The first-order valence-electron chi connectivity index (χ1n) is 17.2. The van der Waals surface area contributed by atoms with Crippen LogP contribution >= 0.6 is 0 Å². The SMILES string of the molecule is C[C@@H]([C@H](O)c1ccccc1)N(C)C[C@H]1C[C@@H](c2ccc(CO)cc2)O[C@@H](c2cccc(NC(=O)CCCCC(=O)Nc3ccccc3N)c2)O1. The first kappa shape index (κ1) is 36.7. The number of unbranched alkanes of at least 4 members (excludes halogenated alkanes) is 1. The van der Waals surface area contributed by atoms with E-state index >= 15 is 0 Å². The fourth-order valence-electron chi connectivity index (χ4n) is 6.07. The predicted octanol–water partition coefficient (Wildman–Crippen LogP) is 6.50. The molecule has 1 heterocycles. The maximum atomic E-state index is 12.8. The van der Waals surface area contributed by atoms with Gasteiger partial charge in [0, 0.05) is 43.1 Å². The quantitative estimate of drug-likeness (QED) is 0.0707. The van der Waals surface area contributed by atoms with Crippen molar-refractivity contribution in [1.29, 1.82) is 0 Å². The lowest BCUT2D eigenvalue weighted by Crippen LogP contribution is -2.43. The van der Waals surface area contributed by atoms with Crippen LogP contribution in [0, 0.1) is 0 Å². The van der Waals surface area contributed by atoms with Gasteiger partial charge in [-0.25, -0.2) is 0 Å². The van der Waals surface area contributed by atoms with Gasteiger partial charge < -0.3 is 36.1 Å². The first-order chi connectivity index (χ1) is 24.2. The third kappa shape index (κ3) is 10.2. The summed E-state index contributed by atoms with van der Waals surface area (Å²) in [6, 6.07) is 31.8. The Hall–Kier alpha value is -4.58. The van der Waals surface area contributed by atoms with Gasteiger partial charge in [0.05, 0.1) is 36.3 Å². The number of hydrogen-bond acceptors (Lipinski definition) is 8. The van der Waals surface area contributed by atoms with Crippen LogP contribution in [-0.4, -0.2) is 52.7 Å². The number of carbonyl (C=O) groups is 2. The summed E-state index contributed by atoms with van der Waals surface area (Å²) in [6.45, 7) is 2.52. The molecule has 1 aliphatic heterocycles. The number of nitrogens with zero attached hydrogens (tertiary/aromatic N) is 1. The van der Waals surface area contributed by atoms with Gasteiger partial charge in [0.1, 0.15) is 0 Å². The molecule has 6 N–H and O–H groups in total. The van der Waals surface area contributed by atoms with Crippen molar-refractivity contribution in [2.24, 2.45) is 0 Å². The van der Waals surface area contributed by atoms with E-state index in [9.17, 15) is 19.8 Å². The van der Waals surface area contributed by atoms with E-state index in [-0.39, 0.29) is 49.5 Å². The second-order valence-corrected chi connectivity index (χ2v) is 12.9. The Morgan fingerprint density at radius 2 is 1.54 bits per heavy atom. The van der Waals surface area contributed by atoms with Crippen LogP contribution in [0.15, 0.2) is 103 Å². The summed E-state index contributed by atoms with van der Waals surface area (Å²) >= 11 is 0. The molecule has 1 fully saturated rings. The van der Waals surface area contributed by atoms with E-state index < -0.39 is 12.4 Å². The van der Waals surface area contributed by atoms with Gasteiger partial charge in [-0.1, -0.05) is 78.9 Å². The predicted molar refractivity (Wildman–Crippen MR) is 195 cm³/mol. The molecule has 0 saturated carbocycles. The van der Waals surface area contributed by atoms with Gasteiger partial charge in [-0.15, -0.1) is 0 Å². The minimum absolute atomic E-state index is 0.0375. The Labute approximate surface area is 294 Å². The summed E-state index contributed by atoms with van der Waals surface area (Å²) in [6.07, 6.45) is 0.420. The number of nitrogens with one attached hydrogen (secondary N) is 2. The molecule has 264 valence electrons. The van der Waals surface area contributed by atoms with E-state index in [1.165, 1.54) is 0 Å². The fraction of sp³-hybridized carbons (Fsp3) is 0.350. The molecule has 1 saturated heterocycles. The number of ether oxygens (including phenoxy) is 2. The lowest BCUT2D eigenvalue weighted by Gasteiger charge is -2.39. The highest BCUT2D eigenvalue weighted by molar-refractivity contribution is 5.94. The molecule has 50 heavy (non-hydrogen) atoms. The maximum absolute atomic E-state index is 12.8. The molecule has 5 rings (SSSR count). The molecule has 5 atom stereocenters. The smallest absolute Gasteiger partial charge is 0.224 e. The van der Waals surface area contributed by atoms with Crippen molar-refractivity contribution >= 4 is 28.9 Å². The Bertz CT molecular complexity index is 1690. The fourth-order valence-corrected chi connectivity index (χ4v) is 6.07. The number of likely N-dealkylation sites (N-methyl/N-ethyl adjacent to an activating group) is 1. The highest BCUT2D eigenvalue weighted by Gasteiger charge is 2.34. The Balaban J connectivity index is 1.20. The Morgan fingerprint density at radius 1 is 0.860 bits per heavy atom. The van der Waals surface area contributed by atoms with Crippen LogP contribution in [0.2, 0.25) is 0 Å². The van der Waals surface area contributed by atoms with Crippen LogP contribution in [0.4, 0.5) is 17.1 Å². The molecule has 0 radical (unpaired) electrons. The van der Waals surface area contributed by atoms with Crippen molar-refractivity contribution in [1.82, 2.24) is 4.90 Å². The third-order valence-corrected chi connectivity index (χ3v) is 9.13. The minimum Gasteiger partial charge on any atom is -0.397 e. The number of carbonyl (C=O) groups excluding carboxylic acids is 2. The molecule has 4 aromatic rings. The number of nitrogens with two attached hydrogens (primary N) is 1. The summed E-state index contributed by atoms with van der Waals surface area (Å²) in [7, 11) is 1.98. The molecular weight excluding hydrogens is 632 g/mol. The molecule has 4 aromatic carbocycles. The molecule has 0 bridgehead atoms. The maximum Gasteiger partial charge on any atom is 0.224 e. The normalized spacial score (nSPS) is 18.7. The average Bonchev–Trinajstić information content (AvgIpc) is 3.14. The summed E-state index contributed by atoms with van der Waals surface area (Å²) in [5.41, 5.74) is 11.0. The molecule has 10 heteroatoms.